The number of carbonyl (C=O) groups is 1. The van der Waals surface area contributed by atoms with Crippen molar-refractivity contribution in [2.24, 2.45) is 0 Å². The highest BCUT2D eigenvalue weighted by Gasteiger charge is 2.31. The minimum Gasteiger partial charge on any atom is -0.336 e. The molecular weight excluding hydrogens is 344 g/mol. The minimum atomic E-state index is 0.104. The lowest BCUT2D eigenvalue weighted by Crippen LogP contribution is -2.29. The Hall–Kier alpha value is -2.47. The van der Waals surface area contributed by atoms with Crippen molar-refractivity contribution >= 4 is 17.2 Å². The molecule has 3 heterocycles. The quantitative estimate of drug-likeness (QED) is 0.704. The van der Waals surface area contributed by atoms with Crippen LogP contribution in [0.25, 0.3) is 11.1 Å². The van der Waals surface area contributed by atoms with Crippen molar-refractivity contribution in [1.29, 1.82) is 0 Å². The van der Waals surface area contributed by atoms with Gasteiger partial charge >= 0.3 is 0 Å². The summed E-state index contributed by atoms with van der Waals surface area (Å²) in [5.74, 6) is 0.719. The number of thiophene rings is 1. The van der Waals surface area contributed by atoms with Gasteiger partial charge < -0.3 is 4.90 Å². The topological polar surface area (TPSA) is 51.0 Å². The van der Waals surface area contributed by atoms with Gasteiger partial charge in [-0.15, -0.1) is 5.10 Å². The van der Waals surface area contributed by atoms with E-state index in [1.165, 1.54) is 18.4 Å². The minimum absolute atomic E-state index is 0.104. The Morgan fingerprint density at radius 1 is 1.08 bits per heavy atom. The van der Waals surface area contributed by atoms with E-state index in [1.54, 1.807) is 11.3 Å². The van der Waals surface area contributed by atoms with Crippen molar-refractivity contribution in [2.75, 3.05) is 13.1 Å². The Labute approximate surface area is 156 Å². The number of benzene rings is 1. The third kappa shape index (κ3) is 2.94. The fraction of sp³-hybridized carbons (Fsp3) is 0.350. The second-order valence-corrected chi connectivity index (χ2v) is 7.96. The summed E-state index contributed by atoms with van der Waals surface area (Å²) >= 11 is 1.68. The number of rotatable bonds is 4. The predicted molar refractivity (Wildman–Crippen MR) is 101 cm³/mol. The molecule has 1 saturated carbocycles. The summed E-state index contributed by atoms with van der Waals surface area (Å²) in [4.78, 5) is 14.8. The largest absolute Gasteiger partial charge is 0.336 e. The average molecular weight is 364 g/mol. The van der Waals surface area contributed by atoms with Crippen molar-refractivity contribution in [3.05, 3.63) is 58.5 Å². The van der Waals surface area contributed by atoms with Crippen LogP contribution in [0.1, 0.15) is 47.3 Å². The number of nitrogens with zero attached hydrogens (tertiary/aromatic N) is 4. The SMILES string of the molecule is O=C(c1ccc(-c2ccsc2)cc1)N1CCC(n2cc(C3CC3)nn2)C1. The van der Waals surface area contributed by atoms with Crippen LogP contribution in [-0.4, -0.2) is 38.9 Å². The molecule has 1 aliphatic carbocycles. The fourth-order valence-corrected chi connectivity index (χ4v) is 4.26. The van der Waals surface area contributed by atoms with E-state index in [2.05, 4.69) is 33.3 Å². The standard InChI is InChI=1S/C20H20N4OS/c25-20(16-5-1-14(2-6-16)17-8-10-26-13-17)23-9-7-18(11-23)24-12-19(21-22-24)15-3-4-15/h1-2,5-6,8,10,12-13,15,18H,3-4,7,9,11H2. The van der Waals surface area contributed by atoms with Gasteiger partial charge in [-0.3, -0.25) is 4.79 Å². The summed E-state index contributed by atoms with van der Waals surface area (Å²) < 4.78 is 1.96. The van der Waals surface area contributed by atoms with Crippen LogP contribution in [0.3, 0.4) is 0 Å². The van der Waals surface area contributed by atoms with E-state index in [9.17, 15) is 4.79 Å². The number of aromatic nitrogens is 3. The molecule has 0 bridgehead atoms. The van der Waals surface area contributed by atoms with E-state index >= 15 is 0 Å². The molecule has 3 aromatic rings. The molecular formula is C20H20N4OS. The van der Waals surface area contributed by atoms with Crippen LogP contribution in [0.5, 0.6) is 0 Å². The zero-order chi connectivity index (χ0) is 17.5. The van der Waals surface area contributed by atoms with Gasteiger partial charge in [-0.25, -0.2) is 4.68 Å². The monoisotopic (exact) mass is 364 g/mol. The molecule has 0 radical (unpaired) electrons. The Morgan fingerprint density at radius 2 is 1.92 bits per heavy atom. The number of hydrogen-bond donors (Lipinski definition) is 0. The first kappa shape index (κ1) is 15.8. The first-order chi connectivity index (χ1) is 12.8. The lowest BCUT2D eigenvalue weighted by molar-refractivity contribution is 0.0787. The van der Waals surface area contributed by atoms with Gasteiger partial charge in [0.05, 0.1) is 11.7 Å². The van der Waals surface area contributed by atoms with Gasteiger partial charge in [0, 0.05) is 30.8 Å². The maximum Gasteiger partial charge on any atom is 0.253 e. The maximum absolute atomic E-state index is 12.8. The molecule has 1 aromatic carbocycles. The molecule has 1 aliphatic heterocycles. The van der Waals surface area contributed by atoms with Gasteiger partial charge in [-0.05, 0) is 59.3 Å². The van der Waals surface area contributed by atoms with Gasteiger partial charge in [0.1, 0.15) is 0 Å². The highest BCUT2D eigenvalue weighted by atomic mass is 32.1. The van der Waals surface area contributed by atoms with Crippen LogP contribution in [0.2, 0.25) is 0 Å². The molecule has 132 valence electrons. The number of hydrogen-bond acceptors (Lipinski definition) is 4. The summed E-state index contributed by atoms with van der Waals surface area (Å²) in [6.07, 6.45) is 5.48. The first-order valence-electron chi connectivity index (χ1n) is 9.11. The molecule has 1 atom stereocenters. The van der Waals surface area contributed by atoms with Gasteiger partial charge in [0.15, 0.2) is 0 Å². The van der Waals surface area contributed by atoms with Gasteiger partial charge in [0.2, 0.25) is 0 Å². The highest BCUT2D eigenvalue weighted by molar-refractivity contribution is 7.08. The molecule has 6 heteroatoms. The van der Waals surface area contributed by atoms with Crippen LogP contribution < -0.4 is 0 Å². The predicted octanol–water partition coefficient (Wildman–Crippen LogP) is 3.97. The fourth-order valence-electron chi connectivity index (χ4n) is 3.59. The Morgan fingerprint density at radius 3 is 2.65 bits per heavy atom. The van der Waals surface area contributed by atoms with Crippen LogP contribution in [-0.2, 0) is 0 Å². The lowest BCUT2D eigenvalue weighted by Gasteiger charge is -2.16. The zero-order valence-corrected chi connectivity index (χ0v) is 15.2. The second-order valence-electron chi connectivity index (χ2n) is 7.18. The van der Waals surface area contributed by atoms with Crippen LogP contribution in [0, 0.1) is 0 Å². The molecule has 1 saturated heterocycles. The Balaban J connectivity index is 1.27. The van der Waals surface area contributed by atoms with E-state index < -0.39 is 0 Å². The van der Waals surface area contributed by atoms with Crippen LogP contribution in [0.15, 0.2) is 47.3 Å². The van der Waals surface area contributed by atoms with Crippen molar-refractivity contribution in [1.82, 2.24) is 19.9 Å². The van der Waals surface area contributed by atoms with E-state index in [1.807, 2.05) is 33.8 Å². The molecule has 0 spiro atoms. The van der Waals surface area contributed by atoms with E-state index in [4.69, 9.17) is 0 Å². The van der Waals surface area contributed by atoms with Crippen LogP contribution >= 0.6 is 11.3 Å². The summed E-state index contributed by atoms with van der Waals surface area (Å²) in [6.45, 7) is 1.48. The first-order valence-corrected chi connectivity index (χ1v) is 10.1. The van der Waals surface area contributed by atoms with Crippen molar-refractivity contribution in [3.63, 3.8) is 0 Å². The third-order valence-corrected chi connectivity index (χ3v) is 6.02. The molecule has 26 heavy (non-hydrogen) atoms. The van der Waals surface area contributed by atoms with Crippen molar-refractivity contribution in [2.45, 2.75) is 31.2 Å². The molecule has 5 rings (SSSR count). The highest BCUT2D eigenvalue weighted by Crippen LogP contribution is 2.39. The van der Waals surface area contributed by atoms with E-state index in [-0.39, 0.29) is 11.9 Å². The average Bonchev–Trinajstić information content (AvgIpc) is 3.14. The van der Waals surface area contributed by atoms with Crippen molar-refractivity contribution in [3.8, 4) is 11.1 Å². The molecule has 5 nitrogen and oxygen atoms in total. The summed E-state index contributed by atoms with van der Waals surface area (Å²) in [6, 6.07) is 10.3. The summed E-state index contributed by atoms with van der Waals surface area (Å²) in [7, 11) is 0. The maximum atomic E-state index is 12.8. The molecule has 1 unspecified atom stereocenters. The number of carbonyl (C=O) groups excluding carboxylic acids is 1. The third-order valence-electron chi connectivity index (χ3n) is 5.33. The summed E-state index contributed by atoms with van der Waals surface area (Å²) in [5.41, 5.74) is 4.21. The van der Waals surface area contributed by atoms with Gasteiger partial charge in [-0.1, -0.05) is 17.3 Å². The van der Waals surface area contributed by atoms with E-state index in [0.717, 1.165) is 29.8 Å². The molecule has 2 fully saturated rings. The Kier molecular flexibility index (Phi) is 3.85. The second kappa shape index (κ2) is 6.36. The number of amides is 1. The van der Waals surface area contributed by atoms with Gasteiger partial charge in [0.25, 0.3) is 5.91 Å². The normalized spacial score (nSPS) is 19.8. The number of likely N-dealkylation sites (tertiary alicyclic amines) is 1. The smallest absolute Gasteiger partial charge is 0.253 e. The molecule has 0 N–H and O–H groups in total. The van der Waals surface area contributed by atoms with E-state index in [0.29, 0.717) is 12.5 Å². The summed E-state index contributed by atoms with van der Waals surface area (Å²) in [5, 5.41) is 12.8. The van der Waals surface area contributed by atoms with Crippen LogP contribution in [0.4, 0.5) is 0 Å². The Bertz CT molecular complexity index is 912. The molecule has 2 aromatic heterocycles. The lowest BCUT2D eigenvalue weighted by atomic mass is 10.1. The zero-order valence-electron chi connectivity index (χ0n) is 14.4. The van der Waals surface area contributed by atoms with Crippen molar-refractivity contribution < 1.29 is 4.79 Å². The van der Waals surface area contributed by atoms with Gasteiger partial charge in [-0.2, -0.15) is 11.3 Å². The molecule has 1 amide bonds. The molecule has 2 aliphatic rings.